The number of hydrogen-bond donors (Lipinski definition) is 2. The molecule has 2 amide bonds. The molecule has 0 bridgehead atoms. The Kier molecular flexibility index (Phi) is 3.12. The maximum atomic E-state index is 12.3. The van der Waals surface area contributed by atoms with Crippen LogP contribution in [0.15, 0.2) is 24.3 Å². The van der Waals surface area contributed by atoms with Crippen LogP contribution < -0.4 is 5.32 Å². The van der Waals surface area contributed by atoms with E-state index in [2.05, 4.69) is 12.2 Å². The van der Waals surface area contributed by atoms with Gasteiger partial charge in [-0.25, -0.2) is 9.59 Å². The molecule has 2 N–H and O–H groups in total. The fraction of sp³-hybridized carbons (Fsp3) is 0.467. The lowest BCUT2D eigenvalue weighted by Crippen LogP contribution is -2.52. The monoisotopic (exact) mass is 274 g/mol. The molecule has 3 rings (SSSR count). The zero-order valence-electron chi connectivity index (χ0n) is 11.4. The number of nitrogens with zero attached hydrogens (tertiary/aromatic N) is 1. The SMILES string of the molecule is CC1CC1NC(=O)N1Cc2ccccc2CC1C(=O)O. The number of carboxylic acid groups (broad SMARTS) is 1. The van der Waals surface area contributed by atoms with Gasteiger partial charge in [-0.2, -0.15) is 0 Å². The number of aliphatic carboxylic acids is 1. The summed E-state index contributed by atoms with van der Waals surface area (Å²) in [7, 11) is 0. The third-order valence-corrected chi connectivity index (χ3v) is 4.21. The number of carbonyl (C=O) groups excluding carboxylic acids is 1. The normalized spacial score (nSPS) is 27.6. The molecule has 3 unspecified atom stereocenters. The van der Waals surface area contributed by atoms with Crippen molar-refractivity contribution in [2.75, 3.05) is 0 Å². The number of fused-ring (bicyclic) bond motifs is 1. The first-order valence-corrected chi connectivity index (χ1v) is 6.93. The van der Waals surface area contributed by atoms with Crippen LogP contribution in [0.5, 0.6) is 0 Å². The lowest BCUT2D eigenvalue weighted by molar-refractivity contribution is -0.142. The van der Waals surface area contributed by atoms with E-state index in [0.29, 0.717) is 18.9 Å². The van der Waals surface area contributed by atoms with Gasteiger partial charge in [0.15, 0.2) is 0 Å². The molecule has 0 spiro atoms. The predicted molar refractivity (Wildman–Crippen MR) is 73.2 cm³/mol. The molecule has 1 fully saturated rings. The van der Waals surface area contributed by atoms with Crippen molar-refractivity contribution < 1.29 is 14.7 Å². The van der Waals surface area contributed by atoms with Gasteiger partial charge in [0.2, 0.25) is 0 Å². The number of rotatable bonds is 2. The van der Waals surface area contributed by atoms with Crippen LogP contribution in [0.4, 0.5) is 4.79 Å². The summed E-state index contributed by atoms with van der Waals surface area (Å²) in [5, 5.41) is 12.3. The summed E-state index contributed by atoms with van der Waals surface area (Å²) in [4.78, 5) is 25.1. The Morgan fingerprint density at radius 2 is 1.95 bits per heavy atom. The number of urea groups is 1. The smallest absolute Gasteiger partial charge is 0.326 e. The average molecular weight is 274 g/mol. The summed E-state index contributed by atoms with van der Waals surface area (Å²) in [6.45, 7) is 2.44. The third-order valence-electron chi connectivity index (χ3n) is 4.21. The molecule has 1 heterocycles. The van der Waals surface area contributed by atoms with E-state index in [0.717, 1.165) is 17.5 Å². The Hall–Kier alpha value is -2.04. The van der Waals surface area contributed by atoms with E-state index >= 15 is 0 Å². The van der Waals surface area contributed by atoms with Crippen LogP contribution in [-0.2, 0) is 17.8 Å². The summed E-state index contributed by atoms with van der Waals surface area (Å²) in [6.07, 6.45) is 1.35. The second-order valence-corrected chi connectivity index (χ2v) is 5.72. The molecule has 1 aromatic carbocycles. The summed E-state index contributed by atoms with van der Waals surface area (Å²) in [5.41, 5.74) is 2.05. The summed E-state index contributed by atoms with van der Waals surface area (Å²) >= 11 is 0. The highest BCUT2D eigenvalue weighted by molar-refractivity contribution is 5.84. The molecule has 3 atom stereocenters. The number of hydrogen-bond acceptors (Lipinski definition) is 2. The number of benzene rings is 1. The Bertz CT molecular complexity index is 558. The van der Waals surface area contributed by atoms with E-state index in [1.54, 1.807) is 0 Å². The van der Waals surface area contributed by atoms with Gasteiger partial charge in [-0.15, -0.1) is 0 Å². The lowest BCUT2D eigenvalue weighted by Gasteiger charge is -2.34. The minimum Gasteiger partial charge on any atom is -0.480 e. The van der Waals surface area contributed by atoms with Gasteiger partial charge >= 0.3 is 12.0 Å². The van der Waals surface area contributed by atoms with Gasteiger partial charge in [0.1, 0.15) is 6.04 Å². The molecule has 1 saturated carbocycles. The highest BCUT2D eigenvalue weighted by Crippen LogP contribution is 2.30. The molecule has 1 aliphatic heterocycles. The molecule has 106 valence electrons. The third kappa shape index (κ3) is 2.35. The minimum absolute atomic E-state index is 0.203. The van der Waals surface area contributed by atoms with Gasteiger partial charge in [-0.1, -0.05) is 31.2 Å². The van der Waals surface area contributed by atoms with Crippen LogP contribution in [0, 0.1) is 5.92 Å². The Morgan fingerprint density at radius 1 is 1.30 bits per heavy atom. The molecular weight excluding hydrogens is 256 g/mol. The maximum absolute atomic E-state index is 12.3. The molecule has 5 heteroatoms. The van der Waals surface area contributed by atoms with E-state index in [4.69, 9.17) is 0 Å². The largest absolute Gasteiger partial charge is 0.480 e. The minimum atomic E-state index is -0.946. The van der Waals surface area contributed by atoms with E-state index in [9.17, 15) is 14.7 Å². The maximum Gasteiger partial charge on any atom is 0.326 e. The predicted octanol–water partition coefficient (Wildman–Crippen LogP) is 1.62. The van der Waals surface area contributed by atoms with Crippen molar-refractivity contribution in [1.82, 2.24) is 10.2 Å². The first-order valence-electron chi connectivity index (χ1n) is 6.93. The van der Waals surface area contributed by atoms with Crippen molar-refractivity contribution in [2.24, 2.45) is 5.92 Å². The number of carboxylic acids is 1. The molecule has 20 heavy (non-hydrogen) atoms. The van der Waals surface area contributed by atoms with Gasteiger partial charge in [0.05, 0.1) is 0 Å². The fourth-order valence-electron chi connectivity index (χ4n) is 2.72. The molecular formula is C15H18N2O3. The Morgan fingerprint density at radius 3 is 2.55 bits per heavy atom. The lowest BCUT2D eigenvalue weighted by atomic mass is 9.94. The molecule has 1 aromatic rings. The zero-order chi connectivity index (χ0) is 14.3. The van der Waals surface area contributed by atoms with Crippen LogP contribution in [-0.4, -0.2) is 34.1 Å². The second kappa shape index (κ2) is 4.81. The Labute approximate surface area is 117 Å². The summed E-state index contributed by atoms with van der Waals surface area (Å²) < 4.78 is 0. The van der Waals surface area contributed by atoms with Crippen molar-refractivity contribution in [1.29, 1.82) is 0 Å². The Balaban J connectivity index is 1.80. The standard InChI is InChI=1S/C15H18N2O3/c1-9-6-12(9)16-15(20)17-8-11-5-3-2-4-10(11)7-13(17)14(18)19/h2-5,9,12-13H,6-8H2,1H3,(H,16,20)(H,18,19). The summed E-state index contributed by atoms with van der Waals surface area (Å²) in [6, 6.07) is 6.87. The first-order chi connectivity index (χ1) is 9.56. The summed E-state index contributed by atoms with van der Waals surface area (Å²) in [5.74, 6) is -0.446. The molecule has 0 aromatic heterocycles. The van der Waals surface area contributed by atoms with E-state index in [-0.39, 0.29) is 12.1 Å². The van der Waals surface area contributed by atoms with Crippen molar-refractivity contribution in [3.8, 4) is 0 Å². The van der Waals surface area contributed by atoms with Gasteiger partial charge in [0, 0.05) is 19.0 Å². The van der Waals surface area contributed by atoms with Crippen LogP contribution in [0.1, 0.15) is 24.5 Å². The van der Waals surface area contributed by atoms with Gasteiger partial charge in [0.25, 0.3) is 0 Å². The van der Waals surface area contributed by atoms with Crippen molar-refractivity contribution in [3.05, 3.63) is 35.4 Å². The molecule has 0 radical (unpaired) electrons. The van der Waals surface area contributed by atoms with Gasteiger partial charge in [-0.05, 0) is 23.5 Å². The van der Waals surface area contributed by atoms with E-state index < -0.39 is 12.0 Å². The molecule has 5 nitrogen and oxygen atoms in total. The van der Waals surface area contributed by atoms with Crippen molar-refractivity contribution >= 4 is 12.0 Å². The average Bonchev–Trinajstić information content (AvgIpc) is 3.12. The quantitative estimate of drug-likeness (QED) is 0.861. The molecule has 2 aliphatic rings. The zero-order valence-corrected chi connectivity index (χ0v) is 11.4. The molecule has 0 saturated heterocycles. The van der Waals surface area contributed by atoms with Crippen molar-refractivity contribution in [2.45, 2.75) is 38.4 Å². The second-order valence-electron chi connectivity index (χ2n) is 5.72. The highest BCUT2D eigenvalue weighted by atomic mass is 16.4. The number of carbonyl (C=O) groups is 2. The van der Waals surface area contributed by atoms with Crippen LogP contribution in [0.3, 0.4) is 0 Å². The fourth-order valence-corrected chi connectivity index (χ4v) is 2.72. The van der Waals surface area contributed by atoms with Gasteiger partial charge in [-0.3, -0.25) is 0 Å². The van der Waals surface area contributed by atoms with Crippen molar-refractivity contribution in [3.63, 3.8) is 0 Å². The first kappa shape index (κ1) is 13.0. The molecule has 1 aliphatic carbocycles. The van der Waals surface area contributed by atoms with E-state index in [1.165, 1.54) is 4.90 Å². The number of amides is 2. The van der Waals surface area contributed by atoms with Crippen LogP contribution >= 0.6 is 0 Å². The van der Waals surface area contributed by atoms with E-state index in [1.807, 2.05) is 24.3 Å². The van der Waals surface area contributed by atoms with Crippen LogP contribution in [0.2, 0.25) is 0 Å². The topological polar surface area (TPSA) is 69.6 Å². The van der Waals surface area contributed by atoms with Gasteiger partial charge < -0.3 is 15.3 Å². The highest BCUT2D eigenvalue weighted by Gasteiger charge is 2.39. The number of nitrogens with one attached hydrogen (secondary N) is 1. The van der Waals surface area contributed by atoms with Crippen LogP contribution in [0.25, 0.3) is 0 Å².